The minimum absolute atomic E-state index is 0.198. The first-order valence-electron chi connectivity index (χ1n) is 10.3. The fraction of sp³-hybridized carbons (Fsp3) is 0.360. The lowest BCUT2D eigenvalue weighted by Crippen LogP contribution is -2.45. The molecule has 1 aliphatic heterocycles. The Balaban J connectivity index is 1.64. The lowest BCUT2D eigenvalue weighted by atomic mass is 10.1. The summed E-state index contributed by atoms with van der Waals surface area (Å²) in [6, 6.07) is 14.9. The van der Waals surface area contributed by atoms with Crippen LogP contribution in [0.2, 0.25) is 0 Å². The van der Waals surface area contributed by atoms with Crippen molar-refractivity contribution in [3.8, 4) is 11.8 Å². The largest absolute Gasteiger partial charge is 0.444 e. The zero-order valence-corrected chi connectivity index (χ0v) is 19.2. The van der Waals surface area contributed by atoms with Gasteiger partial charge >= 0.3 is 6.09 Å². The molecule has 1 saturated heterocycles. The maximum Gasteiger partial charge on any atom is 0.410 e. The molecule has 6 heteroatoms. The molecular weight excluding hydrogens is 408 g/mol. The summed E-state index contributed by atoms with van der Waals surface area (Å²) < 4.78 is 5.44. The van der Waals surface area contributed by atoms with Crippen molar-refractivity contribution in [2.75, 3.05) is 18.1 Å². The third kappa shape index (κ3) is 6.28. The Morgan fingerprint density at radius 3 is 2.48 bits per heavy atom. The van der Waals surface area contributed by atoms with Gasteiger partial charge in [0.25, 0.3) is 0 Å². The molecule has 31 heavy (non-hydrogen) atoms. The van der Waals surface area contributed by atoms with Gasteiger partial charge in [-0.15, -0.1) is 11.8 Å². The van der Waals surface area contributed by atoms with E-state index in [0.717, 1.165) is 22.4 Å². The average molecular weight is 437 g/mol. The first-order chi connectivity index (χ1) is 14.8. The second-order valence-corrected chi connectivity index (χ2v) is 9.20. The Morgan fingerprint density at radius 2 is 1.81 bits per heavy atom. The number of benzene rings is 2. The Kier molecular flexibility index (Phi) is 7.29. The Bertz CT molecular complexity index is 1000. The van der Waals surface area contributed by atoms with Gasteiger partial charge in [-0.05, 0) is 76.3 Å². The third-order valence-corrected chi connectivity index (χ3v) is 5.58. The van der Waals surface area contributed by atoms with Crippen molar-refractivity contribution in [3.05, 3.63) is 59.7 Å². The third-order valence-electron chi connectivity index (χ3n) is 4.78. The van der Waals surface area contributed by atoms with Crippen LogP contribution >= 0.6 is 11.8 Å². The highest BCUT2D eigenvalue weighted by Crippen LogP contribution is 2.23. The predicted molar refractivity (Wildman–Crippen MR) is 125 cm³/mol. The zero-order chi connectivity index (χ0) is 22.4. The van der Waals surface area contributed by atoms with E-state index in [4.69, 9.17) is 4.74 Å². The van der Waals surface area contributed by atoms with Crippen LogP contribution in [0.4, 0.5) is 10.5 Å². The molecule has 162 valence electrons. The highest BCUT2D eigenvalue weighted by molar-refractivity contribution is 7.98. The molecule has 5 nitrogen and oxygen atoms in total. The van der Waals surface area contributed by atoms with E-state index in [1.165, 1.54) is 4.90 Å². The van der Waals surface area contributed by atoms with E-state index in [1.54, 1.807) is 11.8 Å². The fourth-order valence-corrected chi connectivity index (χ4v) is 3.88. The Hall–Kier alpha value is -2.91. The molecule has 1 atom stereocenters. The van der Waals surface area contributed by atoms with E-state index >= 15 is 0 Å². The lowest BCUT2D eigenvalue weighted by molar-refractivity contribution is -0.120. The highest BCUT2D eigenvalue weighted by atomic mass is 32.2. The van der Waals surface area contributed by atoms with Crippen LogP contribution in [0.1, 0.15) is 44.7 Å². The molecule has 0 radical (unpaired) electrons. The first kappa shape index (κ1) is 22.8. The van der Waals surface area contributed by atoms with Gasteiger partial charge in [0.15, 0.2) is 0 Å². The number of likely N-dealkylation sites (tertiary alicyclic amines) is 1. The van der Waals surface area contributed by atoms with Gasteiger partial charge in [-0.25, -0.2) is 4.79 Å². The maximum atomic E-state index is 12.8. The molecule has 0 unspecified atom stereocenters. The van der Waals surface area contributed by atoms with Crippen molar-refractivity contribution < 1.29 is 14.3 Å². The molecule has 0 spiro atoms. The normalized spacial score (nSPS) is 15.7. The van der Waals surface area contributed by atoms with Gasteiger partial charge in [-0.3, -0.25) is 9.69 Å². The summed E-state index contributed by atoms with van der Waals surface area (Å²) in [5.74, 6) is 6.18. The number of carbonyl (C=O) groups excluding carboxylic acids is 2. The summed E-state index contributed by atoms with van der Waals surface area (Å²) in [7, 11) is 0. The van der Waals surface area contributed by atoms with Crippen LogP contribution in [0.15, 0.2) is 53.4 Å². The first-order valence-corrected chi connectivity index (χ1v) is 11.5. The van der Waals surface area contributed by atoms with Crippen LogP contribution in [0.3, 0.4) is 0 Å². The molecule has 0 aliphatic carbocycles. The lowest BCUT2D eigenvalue weighted by Gasteiger charge is -2.28. The summed E-state index contributed by atoms with van der Waals surface area (Å²) in [4.78, 5) is 27.8. The molecule has 1 aliphatic rings. The van der Waals surface area contributed by atoms with Gasteiger partial charge in [0, 0.05) is 28.3 Å². The Labute approximate surface area is 188 Å². The van der Waals surface area contributed by atoms with E-state index in [-0.39, 0.29) is 5.91 Å². The quantitative estimate of drug-likeness (QED) is 0.534. The predicted octanol–water partition coefficient (Wildman–Crippen LogP) is 5.15. The summed E-state index contributed by atoms with van der Waals surface area (Å²) in [6.07, 6.45) is 3.00. The van der Waals surface area contributed by atoms with Gasteiger partial charge in [0.1, 0.15) is 11.6 Å². The number of amides is 2. The van der Waals surface area contributed by atoms with Crippen LogP contribution in [-0.2, 0) is 9.53 Å². The second-order valence-electron chi connectivity index (χ2n) is 8.35. The van der Waals surface area contributed by atoms with Gasteiger partial charge in [-0.1, -0.05) is 24.0 Å². The number of carbonyl (C=O) groups is 2. The number of hydrogen-bond acceptors (Lipinski definition) is 4. The number of rotatable bonds is 3. The van der Waals surface area contributed by atoms with Gasteiger partial charge < -0.3 is 10.1 Å². The smallest absolute Gasteiger partial charge is 0.410 e. The topological polar surface area (TPSA) is 58.6 Å². The van der Waals surface area contributed by atoms with Gasteiger partial charge in [0.2, 0.25) is 5.91 Å². The summed E-state index contributed by atoms with van der Waals surface area (Å²) in [5, 5.41) is 2.91. The monoisotopic (exact) mass is 436 g/mol. The number of anilines is 1. The molecule has 3 rings (SSSR count). The van der Waals surface area contributed by atoms with E-state index < -0.39 is 17.7 Å². The van der Waals surface area contributed by atoms with Gasteiger partial charge in [-0.2, -0.15) is 0 Å². The molecule has 0 bridgehead atoms. The second kappa shape index (κ2) is 9.93. The van der Waals surface area contributed by atoms with E-state index in [9.17, 15) is 9.59 Å². The van der Waals surface area contributed by atoms with E-state index in [1.807, 2.05) is 69.5 Å². The van der Waals surface area contributed by atoms with Crippen molar-refractivity contribution in [2.45, 2.75) is 50.2 Å². The van der Waals surface area contributed by atoms with Crippen LogP contribution in [0, 0.1) is 11.8 Å². The molecule has 2 amide bonds. The minimum Gasteiger partial charge on any atom is -0.444 e. The average Bonchev–Trinajstić information content (AvgIpc) is 3.22. The van der Waals surface area contributed by atoms with Crippen LogP contribution in [0.5, 0.6) is 0 Å². The maximum absolute atomic E-state index is 12.8. The van der Waals surface area contributed by atoms with Crippen molar-refractivity contribution in [1.82, 2.24) is 4.90 Å². The van der Waals surface area contributed by atoms with Crippen molar-refractivity contribution >= 4 is 29.4 Å². The summed E-state index contributed by atoms with van der Waals surface area (Å²) in [6.45, 7) is 5.99. The number of nitrogens with one attached hydrogen (secondary N) is 1. The van der Waals surface area contributed by atoms with Gasteiger partial charge in [0.05, 0.1) is 0 Å². The number of thioether (sulfide) groups is 1. The highest BCUT2D eigenvalue weighted by Gasteiger charge is 2.36. The number of ether oxygens (including phenoxy) is 1. The molecule has 0 saturated carbocycles. The van der Waals surface area contributed by atoms with Crippen molar-refractivity contribution in [1.29, 1.82) is 0 Å². The molecule has 1 heterocycles. The fourth-order valence-electron chi connectivity index (χ4n) is 3.33. The SMILES string of the molecule is CSc1ccccc1C#Cc1ccc(NC(=O)[C@H]2CCCN2C(=O)OC(C)(C)C)cc1. The van der Waals surface area contributed by atoms with Crippen LogP contribution in [-0.4, -0.2) is 41.3 Å². The van der Waals surface area contributed by atoms with Crippen molar-refractivity contribution in [3.63, 3.8) is 0 Å². The number of hydrogen-bond donors (Lipinski definition) is 1. The van der Waals surface area contributed by atoms with E-state index in [0.29, 0.717) is 18.7 Å². The standard InChI is InChI=1S/C25H28N2O3S/c1-25(2,3)30-24(29)27-17-7-9-21(27)23(28)26-20-15-12-18(13-16-20)11-14-19-8-5-6-10-22(19)31-4/h5-6,8,10,12-13,15-16,21H,7,9,17H2,1-4H3,(H,26,28)/t21-/m1/s1. The molecular formula is C25H28N2O3S. The summed E-state index contributed by atoms with van der Waals surface area (Å²) >= 11 is 1.67. The molecule has 1 N–H and O–H groups in total. The minimum atomic E-state index is -0.589. The molecule has 2 aromatic carbocycles. The van der Waals surface area contributed by atoms with E-state index in [2.05, 4.69) is 23.2 Å². The Morgan fingerprint density at radius 1 is 1.10 bits per heavy atom. The number of nitrogens with zero attached hydrogens (tertiary/aromatic N) is 1. The summed E-state index contributed by atoms with van der Waals surface area (Å²) in [5.41, 5.74) is 1.95. The molecule has 1 fully saturated rings. The molecule has 0 aromatic heterocycles. The molecule has 2 aromatic rings. The van der Waals surface area contributed by atoms with Crippen molar-refractivity contribution in [2.24, 2.45) is 0 Å². The van der Waals surface area contributed by atoms with Crippen LogP contribution in [0.25, 0.3) is 0 Å². The van der Waals surface area contributed by atoms with Crippen LogP contribution < -0.4 is 5.32 Å². The zero-order valence-electron chi connectivity index (χ0n) is 18.4.